The first-order chi connectivity index (χ1) is 10.6. The summed E-state index contributed by atoms with van der Waals surface area (Å²) in [6.45, 7) is 3.04. The molecule has 3 rings (SSSR count). The standard InChI is InChI=1S/C16H15NO5/c1-11-12(3-2-4-14(11)17(18)19)10-22-13-5-6-15-16(9-13)21-8-7-20-15/h2-6,9H,7-8,10H2,1H3. The number of nitro benzene ring substituents is 1. The molecule has 1 heterocycles. The first kappa shape index (κ1) is 14.2. The van der Waals surface area contributed by atoms with Crippen LogP contribution in [0.1, 0.15) is 11.1 Å². The summed E-state index contributed by atoms with van der Waals surface area (Å²) in [4.78, 5) is 10.6. The molecule has 0 aromatic heterocycles. The second-order valence-electron chi connectivity index (χ2n) is 4.91. The van der Waals surface area contributed by atoms with Crippen molar-refractivity contribution in [1.29, 1.82) is 0 Å². The van der Waals surface area contributed by atoms with Gasteiger partial charge in [-0.05, 0) is 24.6 Å². The van der Waals surface area contributed by atoms with Crippen molar-refractivity contribution in [2.45, 2.75) is 13.5 Å². The van der Waals surface area contributed by atoms with Crippen LogP contribution in [0.25, 0.3) is 0 Å². The third kappa shape index (κ3) is 2.81. The predicted molar refractivity (Wildman–Crippen MR) is 79.6 cm³/mol. The van der Waals surface area contributed by atoms with Crippen LogP contribution in [0.15, 0.2) is 36.4 Å². The Labute approximate surface area is 127 Å². The fraction of sp³-hybridized carbons (Fsp3) is 0.250. The molecule has 6 nitrogen and oxygen atoms in total. The molecule has 1 aliphatic heterocycles. The first-order valence-corrected chi connectivity index (χ1v) is 6.90. The number of fused-ring (bicyclic) bond motifs is 1. The summed E-state index contributed by atoms with van der Waals surface area (Å²) in [6.07, 6.45) is 0. The van der Waals surface area contributed by atoms with Crippen LogP contribution in [-0.4, -0.2) is 18.1 Å². The molecule has 0 N–H and O–H groups in total. The average Bonchev–Trinajstić information content (AvgIpc) is 2.53. The van der Waals surface area contributed by atoms with Gasteiger partial charge in [-0.2, -0.15) is 0 Å². The Kier molecular flexibility index (Phi) is 3.82. The zero-order chi connectivity index (χ0) is 15.5. The van der Waals surface area contributed by atoms with Crippen LogP contribution in [0.2, 0.25) is 0 Å². The molecule has 0 fully saturated rings. The van der Waals surface area contributed by atoms with Gasteiger partial charge in [0.05, 0.1) is 4.92 Å². The van der Waals surface area contributed by atoms with Gasteiger partial charge in [-0.1, -0.05) is 12.1 Å². The SMILES string of the molecule is Cc1c(COc2ccc3c(c2)OCCO3)cccc1[N+](=O)[O-]. The molecular formula is C16H15NO5. The van der Waals surface area contributed by atoms with Gasteiger partial charge in [0, 0.05) is 17.7 Å². The van der Waals surface area contributed by atoms with Crippen molar-refractivity contribution in [3.05, 3.63) is 57.6 Å². The lowest BCUT2D eigenvalue weighted by molar-refractivity contribution is -0.385. The van der Waals surface area contributed by atoms with E-state index in [1.807, 2.05) is 6.07 Å². The third-order valence-electron chi connectivity index (χ3n) is 3.52. The number of rotatable bonds is 4. The monoisotopic (exact) mass is 301 g/mol. The lowest BCUT2D eigenvalue weighted by Crippen LogP contribution is -2.15. The molecule has 0 spiro atoms. The van der Waals surface area contributed by atoms with E-state index < -0.39 is 0 Å². The van der Waals surface area contributed by atoms with Crippen LogP contribution in [0.3, 0.4) is 0 Å². The summed E-state index contributed by atoms with van der Waals surface area (Å²) < 4.78 is 16.7. The van der Waals surface area contributed by atoms with Gasteiger partial charge in [-0.25, -0.2) is 0 Å². The van der Waals surface area contributed by atoms with Gasteiger partial charge in [-0.3, -0.25) is 10.1 Å². The third-order valence-corrected chi connectivity index (χ3v) is 3.52. The summed E-state index contributed by atoms with van der Waals surface area (Å²) in [5.74, 6) is 1.99. The van der Waals surface area contributed by atoms with E-state index in [1.165, 1.54) is 6.07 Å². The highest BCUT2D eigenvalue weighted by atomic mass is 16.6. The Hall–Kier alpha value is -2.76. The van der Waals surface area contributed by atoms with E-state index in [0.29, 0.717) is 36.0 Å². The minimum absolute atomic E-state index is 0.100. The van der Waals surface area contributed by atoms with E-state index in [0.717, 1.165) is 5.56 Å². The molecule has 0 saturated carbocycles. The van der Waals surface area contributed by atoms with Crippen LogP contribution in [0.4, 0.5) is 5.69 Å². The van der Waals surface area contributed by atoms with Crippen LogP contribution in [0, 0.1) is 17.0 Å². The number of hydrogen-bond donors (Lipinski definition) is 0. The smallest absolute Gasteiger partial charge is 0.272 e. The highest BCUT2D eigenvalue weighted by Gasteiger charge is 2.15. The fourth-order valence-corrected chi connectivity index (χ4v) is 2.30. The van der Waals surface area contributed by atoms with E-state index in [-0.39, 0.29) is 17.2 Å². The highest BCUT2D eigenvalue weighted by molar-refractivity contribution is 5.47. The summed E-state index contributed by atoms with van der Waals surface area (Å²) in [5, 5.41) is 10.9. The van der Waals surface area contributed by atoms with Crippen LogP contribution >= 0.6 is 0 Å². The van der Waals surface area contributed by atoms with E-state index in [1.54, 1.807) is 31.2 Å². The molecule has 0 radical (unpaired) electrons. The zero-order valence-corrected chi connectivity index (χ0v) is 12.1. The van der Waals surface area contributed by atoms with Gasteiger partial charge < -0.3 is 14.2 Å². The number of hydrogen-bond acceptors (Lipinski definition) is 5. The molecule has 0 saturated heterocycles. The fourth-order valence-electron chi connectivity index (χ4n) is 2.30. The predicted octanol–water partition coefficient (Wildman–Crippen LogP) is 3.25. The maximum absolute atomic E-state index is 10.9. The van der Waals surface area contributed by atoms with Crippen molar-refractivity contribution in [2.24, 2.45) is 0 Å². The molecule has 22 heavy (non-hydrogen) atoms. The molecule has 0 atom stereocenters. The van der Waals surface area contributed by atoms with Gasteiger partial charge in [-0.15, -0.1) is 0 Å². The summed E-state index contributed by atoms with van der Waals surface area (Å²) in [7, 11) is 0. The minimum atomic E-state index is -0.386. The molecule has 6 heteroatoms. The Morgan fingerprint density at radius 1 is 1.18 bits per heavy atom. The summed E-state index contributed by atoms with van der Waals surface area (Å²) in [6, 6.07) is 10.3. The minimum Gasteiger partial charge on any atom is -0.489 e. The quantitative estimate of drug-likeness (QED) is 0.640. The molecule has 0 unspecified atom stereocenters. The van der Waals surface area contributed by atoms with Gasteiger partial charge in [0.1, 0.15) is 25.6 Å². The largest absolute Gasteiger partial charge is 0.489 e. The van der Waals surface area contributed by atoms with Gasteiger partial charge in [0.2, 0.25) is 0 Å². The Morgan fingerprint density at radius 3 is 2.73 bits per heavy atom. The topological polar surface area (TPSA) is 70.8 Å². The molecule has 114 valence electrons. The Bertz CT molecular complexity index is 714. The van der Waals surface area contributed by atoms with E-state index in [2.05, 4.69) is 0 Å². The molecule has 0 aliphatic carbocycles. The lowest BCUT2D eigenvalue weighted by Gasteiger charge is -2.19. The van der Waals surface area contributed by atoms with Gasteiger partial charge >= 0.3 is 0 Å². The van der Waals surface area contributed by atoms with E-state index in [4.69, 9.17) is 14.2 Å². The summed E-state index contributed by atoms with van der Waals surface area (Å²) in [5.41, 5.74) is 1.50. The molecule has 0 amide bonds. The average molecular weight is 301 g/mol. The molecule has 1 aliphatic rings. The maximum Gasteiger partial charge on any atom is 0.272 e. The van der Waals surface area contributed by atoms with E-state index >= 15 is 0 Å². The van der Waals surface area contributed by atoms with Crippen LogP contribution in [-0.2, 0) is 6.61 Å². The molecule has 2 aromatic carbocycles. The molecule has 0 bridgehead atoms. The van der Waals surface area contributed by atoms with Gasteiger partial charge in [0.15, 0.2) is 11.5 Å². The lowest BCUT2D eigenvalue weighted by atomic mass is 10.1. The van der Waals surface area contributed by atoms with Crippen molar-refractivity contribution in [3.8, 4) is 17.2 Å². The second kappa shape index (κ2) is 5.93. The first-order valence-electron chi connectivity index (χ1n) is 6.90. The normalized spacial score (nSPS) is 12.8. The van der Waals surface area contributed by atoms with Crippen LogP contribution < -0.4 is 14.2 Å². The van der Waals surface area contributed by atoms with E-state index in [9.17, 15) is 10.1 Å². The van der Waals surface area contributed by atoms with Crippen molar-refractivity contribution >= 4 is 5.69 Å². The number of nitrogens with zero attached hydrogens (tertiary/aromatic N) is 1. The van der Waals surface area contributed by atoms with Crippen molar-refractivity contribution in [3.63, 3.8) is 0 Å². The van der Waals surface area contributed by atoms with Crippen LogP contribution in [0.5, 0.6) is 17.2 Å². The van der Waals surface area contributed by atoms with Crippen molar-refractivity contribution in [2.75, 3.05) is 13.2 Å². The summed E-state index contributed by atoms with van der Waals surface area (Å²) >= 11 is 0. The van der Waals surface area contributed by atoms with Crippen molar-refractivity contribution < 1.29 is 19.1 Å². The molecular weight excluding hydrogens is 286 g/mol. The zero-order valence-electron chi connectivity index (χ0n) is 12.1. The van der Waals surface area contributed by atoms with Gasteiger partial charge in [0.25, 0.3) is 5.69 Å². The number of benzene rings is 2. The van der Waals surface area contributed by atoms with Crippen molar-refractivity contribution in [1.82, 2.24) is 0 Å². The Morgan fingerprint density at radius 2 is 1.95 bits per heavy atom. The maximum atomic E-state index is 10.9. The molecule has 2 aromatic rings. The number of nitro groups is 1. The highest BCUT2D eigenvalue weighted by Crippen LogP contribution is 2.34. The second-order valence-corrected chi connectivity index (χ2v) is 4.91. The number of ether oxygens (including phenoxy) is 3. The Balaban J connectivity index is 1.75.